The first-order chi connectivity index (χ1) is 41.2. The molecule has 0 aromatic heterocycles. The molecule has 0 bridgehead atoms. The van der Waals surface area contributed by atoms with Gasteiger partial charge < -0.3 is 24.2 Å². The lowest BCUT2D eigenvalue weighted by Gasteiger charge is -2.21. The minimum absolute atomic E-state index is 0.164. The summed E-state index contributed by atoms with van der Waals surface area (Å²) in [5.74, 6) is -1.45. The molecule has 0 saturated carbocycles. The molecule has 0 aliphatic carbocycles. The van der Waals surface area contributed by atoms with E-state index in [2.05, 4.69) is 69.4 Å². The maximum Gasteiger partial charge on any atom is 0.472 e. The molecule has 0 heterocycles. The predicted octanol–water partition coefficient (Wildman–Crippen LogP) is 22.0. The summed E-state index contributed by atoms with van der Waals surface area (Å²) < 4.78 is 39.8. The molecule has 11 nitrogen and oxygen atoms in total. The summed E-state index contributed by atoms with van der Waals surface area (Å²) in [7, 11) is -4.76. The minimum Gasteiger partial charge on any atom is -0.462 e. The van der Waals surface area contributed by atoms with E-state index in [-0.39, 0.29) is 25.9 Å². The van der Waals surface area contributed by atoms with Gasteiger partial charge in [0.05, 0.1) is 19.8 Å². The fourth-order valence-corrected chi connectivity index (χ4v) is 11.1. The smallest absolute Gasteiger partial charge is 0.462 e. The quantitative estimate of drug-likeness (QED) is 0.0197. The van der Waals surface area contributed by atoms with E-state index in [4.69, 9.17) is 23.3 Å². The molecule has 12 heteroatoms. The number of aliphatic hydroxyl groups excluding tert-OH is 1. The SMILES string of the molecule is CCCCC/C=C\C/C=C\CCCCCCCCCCCC(=O)OCC(COP(=O)(O)OCC(CO)OC(=O)CCCCCCCCCCCCCCCCCCCCC)OC(=O)CCCCCCCCCCC/C=C\C/C=C\CCCCC. The van der Waals surface area contributed by atoms with Crippen molar-refractivity contribution in [1.82, 2.24) is 0 Å². The molecule has 0 aliphatic rings. The van der Waals surface area contributed by atoms with Crippen LogP contribution in [0.5, 0.6) is 0 Å². The number of unbranched alkanes of at least 4 members (excludes halogenated alkanes) is 42. The molecule has 3 atom stereocenters. The highest BCUT2D eigenvalue weighted by molar-refractivity contribution is 7.47. The third-order valence-corrected chi connectivity index (χ3v) is 16.7. The average molecular weight is 1210 g/mol. The van der Waals surface area contributed by atoms with Gasteiger partial charge in [-0.1, -0.05) is 301 Å². The van der Waals surface area contributed by atoms with E-state index in [0.717, 1.165) is 83.5 Å². The Labute approximate surface area is 517 Å². The second-order valence-electron chi connectivity index (χ2n) is 24.1. The van der Waals surface area contributed by atoms with Gasteiger partial charge in [-0.3, -0.25) is 23.4 Å². The van der Waals surface area contributed by atoms with E-state index in [9.17, 15) is 28.9 Å². The van der Waals surface area contributed by atoms with Gasteiger partial charge in [0.2, 0.25) is 0 Å². The number of ether oxygens (including phenoxy) is 3. The fraction of sp³-hybridized carbons (Fsp3) is 0.847. The first-order valence-electron chi connectivity index (χ1n) is 35.5. The first kappa shape index (κ1) is 81.4. The number of allylic oxidation sites excluding steroid dienone is 8. The van der Waals surface area contributed by atoms with E-state index >= 15 is 0 Å². The number of hydrogen-bond donors (Lipinski definition) is 2. The van der Waals surface area contributed by atoms with Gasteiger partial charge in [-0.15, -0.1) is 0 Å². The standard InChI is InChI=1S/C72H133O11P/c1-4-7-10-13-16-19-22-25-28-31-34-37-40-43-46-49-52-55-58-61-70(74)79-65-69(83-72(76)63-60-57-54-51-48-45-42-39-36-33-30-27-24-21-18-15-12-9-6-3)67-81-84(77,78)80-66-68(64-73)82-71(75)62-59-56-53-50-47-44-41-38-35-32-29-26-23-20-17-14-11-8-5-2/h16,18-19,21,25,27-28,30,68-69,73H,4-15,17,20,22-24,26,29,31-67H2,1-3H3,(H,77,78)/b19-16-,21-18-,28-25-,30-27-. The first-order valence-corrected chi connectivity index (χ1v) is 37.0. The van der Waals surface area contributed by atoms with Crippen molar-refractivity contribution in [2.24, 2.45) is 0 Å². The van der Waals surface area contributed by atoms with Gasteiger partial charge >= 0.3 is 25.7 Å². The van der Waals surface area contributed by atoms with Crippen LogP contribution in [-0.4, -0.2) is 66.5 Å². The second-order valence-corrected chi connectivity index (χ2v) is 25.5. The van der Waals surface area contributed by atoms with Gasteiger partial charge in [-0.25, -0.2) is 4.57 Å². The second kappa shape index (κ2) is 66.4. The zero-order valence-electron chi connectivity index (χ0n) is 54.9. The molecular weight excluding hydrogens is 1070 g/mol. The molecule has 0 aliphatic heterocycles. The molecule has 84 heavy (non-hydrogen) atoms. The molecule has 2 N–H and O–H groups in total. The van der Waals surface area contributed by atoms with Crippen molar-refractivity contribution in [3.8, 4) is 0 Å². The van der Waals surface area contributed by atoms with Crippen LogP contribution in [0, 0.1) is 0 Å². The molecule has 0 aromatic rings. The topological polar surface area (TPSA) is 155 Å². The number of aliphatic hydroxyl groups is 1. The molecule has 0 spiro atoms. The highest BCUT2D eigenvalue weighted by Crippen LogP contribution is 2.43. The number of carbonyl (C=O) groups excluding carboxylic acids is 3. The molecule has 0 aromatic carbocycles. The van der Waals surface area contributed by atoms with Crippen LogP contribution in [0.1, 0.15) is 355 Å². The normalized spacial score (nSPS) is 13.4. The van der Waals surface area contributed by atoms with E-state index in [1.54, 1.807) is 0 Å². The Morgan fingerprint density at radius 2 is 0.583 bits per heavy atom. The average Bonchev–Trinajstić information content (AvgIpc) is 3.55. The summed E-state index contributed by atoms with van der Waals surface area (Å²) in [4.78, 5) is 48.9. The molecule has 3 unspecified atom stereocenters. The largest absolute Gasteiger partial charge is 0.472 e. The number of esters is 3. The summed E-state index contributed by atoms with van der Waals surface area (Å²) in [5.41, 5.74) is 0. The van der Waals surface area contributed by atoms with Crippen LogP contribution < -0.4 is 0 Å². The summed E-state index contributed by atoms with van der Waals surface area (Å²) >= 11 is 0. The van der Waals surface area contributed by atoms with Crippen molar-refractivity contribution in [2.45, 2.75) is 367 Å². The number of phosphoric acid groups is 1. The van der Waals surface area contributed by atoms with Crippen LogP contribution in [0.25, 0.3) is 0 Å². The van der Waals surface area contributed by atoms with Crippen molar-refractivity contribution in [3.05, 3.63) is 48.6 Å². The zero-order chi connectivity index (χ0) is 61.2. The van der Waals surface area contributed by atoms with Crippen LogP contribution >= 0.6 is 7.82 Å². The lowest BCUT2D eigenvalue weighted by atomic mass is 10.0. The van der Waals surface area contributed by atoms with Crippen LogP contribution in [-0.2, 0) is 42.2 Å². The highest BCUT2D eigenvalue weighted by Gasteiger charge is 2.28. The van der Waals surface area contributed by atoms with E-state index < -0.39 is 57.8 Å². The van der Waals surface area contributed by atoms with Crippen LogP contribution in [0.3, 0.4) is 0 Å². The third kappa shape index (κ3) is 63.9. The monoisotopic (exact) mass is 1200 g/mol. The number of hydrogen-bond acceptors (Lipinski definition) is 10. The Kier molecular flexibility index (Phi) is 64.4. The molecule has 492 valence electrons. The van der Waals surface area contributed by atoms with E-state index in [1.165, 1.54) is 212 Å². The Balaban J connectivity index is 4.64. The van der Waals surface area contributed by atoms with Crippen molar-refractivity contribution in [3.63, 3.8) is 0 Å². The van der Waals surface area contributed by atoms with Crippen LogP contribution in [0.2, 0.25) is 0 Å². The van der Waals surface area contributed by atoms with E-state index in [1.807, 2.05) is 0 Å². The Hall–Kier alpha value is -2.56. The summed E-state index contributed by atoms with van der Waals surface area (Å²) in [5, 5.41) is 9.89. The third-order valence-electron chi connectivity index (χ3n) is 15.7. The number of rotatable bonds is 67. The molecule has 0 saturated heterocycles. The number of carbonyl (C=O) groups is 3. The summed E-state index contributed by atoms with van der Waals surface area (Å²) in [6, 6.07) is 0. The van der Waals surface area contributed by atoms with Gasteiger partial charge in [-0.2, -0.15) is 0 Å². The van der Waals surface area contributed by atoms with E-state index in [0.29, 0.717) is 19.3 Å². The molecule has 0 amide bonds. The Bertz CT molecular complexity index is 1600. The molecule has 0 fully saturated rings. The van der Waals surface area contributed by atoms with Gasteiger partial charge in [0.15, 0.2) is 6.10 Å². The van der Waals surface area contributed by atoms with Gasteiger partial charge in [-0.05, 0) is 83.5 Å². The number of phosphoric ester groups is 1. The molecular formula is C72H133O11P. The van der Waals surface area contributed by atoms with Gasteiger partial charge in [0.1, 0.15) is 12.7 Å². The minimum atomic E-state index is -4.76. The fourth-order valence-electron chi connectivity index (χ4n) is 10.3. The van der Waals surface area contributed by atoms with Crippen molar-refractivity contribution >= 4 is 25.7 Å². The predicted molar refractivity (Wildman–Crippen MR) is 353 cm³/mol. The van der Waals surface area contributed by atoms with Crippen molar-refractivity contribution in [2.75, 3.05) is 26.4 Å². The van der Waals surface area contributed by atoms with Crippen LogP contribution in [0.15, 0.2) is 48.6 Å². The van der Waals surface area contributed by atoms with Crippen LogP contribution in [0.4, 0.5) is 0 Å². The highest BCUT2D eigenvalue weighted by atomic mass is 31.2. The van der Waals surface area contributed by atoms with Gasteiger partial charge in [0, 0.05) is 19.3 Å². The molecule has 0 rings (SSSR count). The van der Waals surface area contributed by atoms with Crippen molar-refractivity contribution < 1.29 is 52.2 Å². The Morgan fingerprint density at radius 1 is 0.333 bits per heavy atom. The van der Waals surface area contributed by atoms with Crippen molar-refractivity contribution in [1.29, 1.82) is 0 Å². The summed E-state index contributed by atoms with van der Waals surface area (Å²) in [6.07, 6.45) is 74.8. The maximum absolute atomic E-state index is 13.0. The lowest BCUT2D eigenvalue weighted by Crippen LogP contribution is -2.30. The summed E-state index contributed by atoms with van der Waals surface area (Å²) in [6.45, 7) is 4.68. The maximum atomic E-state index is 13.0. The van der Waals surface area contributed by atoms with Gasteiger partial charge in [0.25, 0.3) is 0 Å². The Morgan fingerprint density at radius 3 is 0.905 bits per heavy atom. The lowest BCUT2D eigenvalue weighted by molar-refractivity contribution is -0.161. The molecule has 0 radical (unpaired) electrons. The zero-order valence-corrected chi connectivity index (χ0v) is 55.8.